The highest BCUT2D eigenvalue weighted by Gasteiger charge is 2.25. The van der Waals surface area contributed by atoms with E-state index < -0.39 is 0 Å². The Morgan fingerprint density at radius 3 is 2.60 bits per heavy atom. The lowest BCUT2D eigenvalue weighted by atomic mass is 9.98. The maximum atomic E-state index is 11.8. The van der Waals surface area contributed by atoms with Crippen molar-refractivity contribution in [1.29, 1.82) is 0 Å². The van der Waals surface area contributed by atoms with Crippen LogP contribution in [-0.2, 0) is 0 Å². The van der Waals surface area contributed by atoms with E-state index in [1.54, 1.807) is 19.0 Å². The molecule has 1 heterocycles. The van der Waals surface area contributed by atoms with Gasteiger partial charge in [-0.2, -0.15) is 0 Å². The molecule has 0 radical (unpaired) electrons. The first kappa shape index (κ1) is 16.6. The monoisotopic (exact) mass is 284 g/mol. The molecule has 1 rings (SSSR count). The van der Waals surface area contributed by atoms with E-state index in [1.807, 2.05) is 11.8 Å². The van der Waals surface area contributed by atoms with Crippen molar-refractivity contribution < 1.29 is 9.59 Å². The van der Waals surface area contributed by atoms with E-state index >= 15 is 0 Å². The standard InChI is InChI=1S/C14H28N4O2/c1-4-17(13(19)15-2)10-7-9-12-8-5-6-11-18(12)14(20)16-3/h12H,4-11H2,1-3H3,(H,15,19)(H,16,20). The van der Waals surface area contributed by atoms with Crippen molar-refractivity contribution in [2.45, 2.75) is 45.1 Å². The number of carbonyl (C=O) groups excluding carboxylic acids is 2. The fourth-order valence-electron chi connectivity index (χ4n) is 2.79. The quantitative estimate of drug-likeness (QED) is 0.806. The minimum absolute atomic E-state index is 0.0216. The summed E-state index contributed by atoms with van der Waals surface area (Å²) in [7, 11) is 3.33. The van der Waals surface area contributed by atoms with E-state index in [0.29, 0.717) is 12.6 Å². The fourth-order valence-corrected chi connectivity index (χ4v) is 2.79. The fraction of sp³-hybridized carbons (Fsp3) is 0.857. The second-order valence-corrected chi connectivity index (χ2v) is 5.18. The number of urea groups is 2. The molecule has 116 valence electrons. The molecule has 4 amide bonds. The van der Waals surface area contributed by atoms with Crippen molar-refractivity contribution in [2.24, 2.45) is 0 Å². The Kier molecular flexibility index (Phi) is 7.18. The van der Waals surface area contributed by atoms with Crippen LogP contribution >= 0.6 is 0 Å². The van der Waals surface area contributed by atoms with Gasteiger partial charge in [0.15, 0.2) is 0 Å². The van der Waals surface area contributed by atoms with Gasteiger partial charge in [-0.3, -0.25) is 0 Å². The summed E-state index contributed by atoms with van der Waals surface area (Å²) >= 11 is 0. The first-order valence-corrected chi connectivity index (χ1v) is 7.59. The Balaban J connectivity index is 2.41. The molecule has 0 spiro atoms. The van der Waals surface area contributed by atoms with Crippen LogP contribution in [0.1, 0.15) is 39.0 Å². The minimum Gasteiger partial charge on any atom is -0.341 e. The largest absolute Gasteiger partial charge is 0.341 e. The molecule has 0 aromatic rings. The summed E-state index contributed by atoms with van der Waals surface area (Å²) in [5, 5.41) is 5.37. The predicted molar refractivity (Wildman–Crippen MR) is 79.7 cm³/mol. The Morgan fingerprint density at radius 2 is 2.00 bits per heavy atom. The van der Waals surface area contributed by atoms with Gasteiger partial charge in [0.25, 0.3) is 0 Å². The lowest BCUT2D eigenvalue weighted by molar-refractivity contribution is 0.144. The van der Waals surface area contributed by atoms with E-state index in [-0.39, 0.29) is 12.1 Å². The number of piperidine rings is 1. The SMILES string of the molecule is CCN(CCCC1CCCCN1C(=O)NC)C(=O)NC. The number of rotatable bonds is 5. The van der Waals surface area contributed by atoms with Crippen LogP contribution in [-0.4, -0.2) is 61.6 Å². The normalized spacial score (nSPS) is 18.6. The maximum absolute atomic E-state index is 11.8. The molecule has 1 aliphatic heterocycles. The Bertz CT molecular complexity index is 322. The average Bonchev–Trinajstić information content (AvgIpc) is 2.50. The van der Waals surface area contributed by atoms with Gasteiger partial charge in [-0.05, 0) is 39.0 Å². The predicted octanol–water partition coefficient (Wildman–Crippen LogP) is 1.62. The van der Waals surface area contributed by atoms with E-state index in [4.69, 9.17) is 0 Å². The van der Waals surface area contributed by atoms with Gasteiger partial charge in [-0.25, -0.2) is 9.59 Å². The molecule has 0 saturated carbocycles. The highest BCUT2D eigenvalue weighted by Crippen LogP contribution is 2.21. The van der Waals surface area contributed by atoms with Crippen LogP contribution in [0.25, 0.3) is 0 Å². The lowest BCUT2D eigenvalue weighted by Gasteiger charge is -2.35. The van der Waals surface area contributed by atoms with Gasteiger partial charge in [0.05, 0.1) is 0 Å². The topological polar surface area (TPSA) is 64.7 Å². The molecule has 0 aromatic heterocycles. The van der Waals surface area contributed by atoms with Gasteiger partial charge in [0, 0.05) is 39.8 Å². The van der Waals surface area contributed by atoms with Crippen molar-refractivity contribution in [3.05, 3.63) is 0 Å². The smallest absolute Gasteiger partial charge is 0.317 e. The molecule has 1 atom stereocenters. The molecule has 0 aliphatic carbocycles. The van der Waals surface area contributed by atoms with Crippen LogP contribution < -0.4 is 10.6 Å². The molecule has 1 aliphatic rings. The number of likely N-dealkylation sites (tertiary alicyclic amines) is 1. The average molecular weight is 284 g/mol. The van der Waals surface area contributed by atoms with E-state index in [2.05, 4.69) is 10.6 Å². The third kappa shape index (κ3) is 4.58. The van der Waals surface area contributed by atoms with Gasteiger partial charge >= 0.3 is 12.1 Å². The Hall–Kier alpha value is -1.46. The van der Waals surface area contributed by atoms with Crippen LogP contribution in [0.5, 0.6) is 0 Å². The zero-order chi connectivity index (χ0) is 15.0. The third-order valence-corrected chi connectivity index (χ3v) is 3.95. The summed E-state index contributed by atoms with van der Waals surface area (Å²) in [4.78, 5) is 27.2. The molecule has 1 saturated heterocycles. The van der Waals surface area contributed by atoms with Crippen molar-refractivity contribution in [1.82, 2.24) is 20.4 Å². The van der Waals surface area contributed by atoms with Crippen LogP contribution in [0.15, 0.2) is 0 Å². The minimum atomic E-state index is -0.0284. The van der Waals surface area contributed by atoms with Crippen LogP contribution in [0.4, 0.5) is 9.59 Å². The van der Waals surface area contributed by atoms with Gasteiger partial charge in [-0.15, -0.1) is 0 Å². The summed E-state index contributed by atoms with van der Waals surface area (Å²) in [6, 6.07) is 0.305. The van der Waals surface area contributed by atoms with Gasteiger partial charge in [-0.1, -0.05) is 0 Å². The summed E-state index contributed by atoms with van der Waals surface area (Å²) < 4.78 is 0. The number of nitrogens with one attached hydrogen (secondary N) is 2. The molecular weight excluding hydrogens is 256 g/mol. The molecule has 6 nitrogen and oxygen atoms in total. The summed E-state index contributed by atoms with van der Waals surface area (Å²) in [6.45, 7) is 4.28. The second kappa shape index (κ2) is 8.66. The zero-order valence-electron chi connectivity index (χ0n) is 12.9. The van der Waals surface area contributed by atoms with Crippen LogP contribution in [0, 0.1) is 0 Å². The summed E-state index contributed by atoms with van der Waals surface area (Å²) in [5.74, 6) is 0. The molecular formula is C14H28N4O2. The summed E-state index contributed by atoms with van der Waals surface area (Å²) in [6.07, 6.45) is 5.23. The molecule has 20 heavy (non-hydrogen) atoms. The first-order valence-electron chi connectivity index (χ1n) is 7.59. The Morgan fingerprint density at radius 1 is 1.25 bits per heavy atom. The van der Waals surface area contributed by atoms with Crippen molar-refractivity contribution >= 4 is 12.1 Å². The highest BCUT2D eigenvalue weighted by atomic mass is 16.2. The van der Waals surface area contributed by atoms with E-state index in [1.165, 1.54) is 6.42 Å². The molecule has 0 aromatic carbocycles. The molecule has 2 N–H and O–H groups in total. The summed E-state index contributed by atoms with van der Waals surface area (Å²) in [5.41, 5.74) is 0. The van der Waals surface area contributed by atoms with E-state index in [9.17, 15) is 9.59 Å². The van der Waals surface area contributed by atoms with E-state index in [0.717, 1.165) is 38.8 Å². The maximum Gasteiger partial charge on any atom is 0.317 e. The zero-order valence-corrected chi connectivity index (χ0v) is 12.9. The number of hydrogen-bond donors (Lipinski definition) is 2. The van der Waals surface area contributed by atoms with Gasteiger partial charge < -0.3 is 20.4 Å². The van der Waals surface area contributed by atoms with Crippen LogP contribution in [0.3, 0.4) is 0 Å². The number of amides is 4. The number of hydrogen-bond acceptors (Lipinski definition) is 2. The lowest BCUT2D eigenvalue weighted by Crippen LogP contribution is -2.48. The van der Waals surface area contributed by atoms with Crippen molar-refractivity contribution in [3.8, 4) is 0 Å². The third-order valence-electron chi connectivity index (χ3n) is 3.95. The van der Waals surface area contributed by atoms with Crippen molar-refractivity contribution in [2.75, 3.05) is 33.7 Å². The Labute approximate surface area is 121 Å². The molecule has 6 heteroatoms. The highest BCUT2D eigenvalue weighted by molar-refractivity contribution is 5.74. The molecule has 1 fully saturated rings. The van der Waals surface area contributed by atoms with Gasteiger partial charge in [0.2, 0.25) is 0 Å². The van der Waals surface area contributed by atoms with Crippen molar-refractivity contribution in [3.63, 3.8) is 0 Å². The molecule has 1 unspecified atom stereocenters. The second-order valence-electron chi connectivity index (χ2n) is 5.18. The van der Waals surface area contributed by atoms with Gasteiger partial charge in [0.1, 0.15) is 0 Å². The molecule has 0 bridgehead atoms. The number of nitrogens with zero attached hydrogens (tertiary/aromatic N) is 2. The number of carbonyl (C=O) groups is 2. The van der Waals surface area contributed by atoms with Crippen LogP contribution in [0.2, 0.25) is 0 Å². The first-order chi connectivity index (χ1) is 9.63.